The van der Waals surface area contributed by atoms with Gasteiger partial charge in [0.1, 0.15) is 0 Å². The summed E-state index contributed by atoms with van der Waals surface area (Å²) >= 11 is 0. The molecule has 0 amide bonds. The first-order valence-electron chi connectivity index (χ1n) is 2.46. The van der Waals surface area contributed by atoms with E-state index in [0.717, 1.165) is 10.5 Å². The molecule has 0 bridgehead atoms. The maximum Gasteiger partial charge on any atom is 0.0165 e. The van der Waals surface area contributed by atoms with E-state index in [1.807, 2.05) is 21.6 Å². The van der Waals surface area contributed by atoms with E-state index < -0.39 is 0 Å². The van der Waals surface area contributed by atoms with Crippen molar-refractivity contribution in [1.29, 1.82) is 0 Å². The van der Waals surface area contributed by atoms with Gasteiger partial charge in [0.15, 0.2) is 0 Å². The lowest BCUT2D eigenvalue weighted by atomic mass is 10.3. The molecule has 0 aromatic carbocycles. The van der Waals surface area contributed by atoms with Crippen molar-refractivity contribution in [1.82, 2.24) is 0 Å². The van der Waals surface area contributed by atoms with Crippen molar-refractivity contribution in [3.8, 4) is 0 Å². The average Bonchev–Trinajstić information content (AvgIpc) is 1.87. The normalized spacial score (nSPS) is 42.0. The summed E-state index contributed by atoms with van der Waals surface area (Å²) in [6.07, 6.45) is 2.37. The van der Waals surface area contributed by atoms with Gasteiger partial charge in [0, 0.05) is 10.5 Å². The Balaban J connectivity index is 2.26. The summed E-state index contributed by atoms with van der Waals surface area (Å²) in [7, 11) is 3.93. The molecule has 0 aliphatic carbocycles. The van der Waals surface area contributed by atoms with E-state index in [1.165, 1.54) is 0 Å². The van der Waals surface area contributed by atoms with Crippen LogP contribution in [0.25, 0.3) is 0 Å². The van der Waals surface area contributed by atoms with Gasteiger partial charge in [0.25, 0.3) is 0 Å². The highest BCUT2D eigenvalue weighted by Gasteiger charge is 2.18. The van der Waals surface area contributed by atoms with Crippen LogP contribution in [0.15, 0.2) is 0 Å². The van der Waals surface area contributed by atoms with Crippen LogP contribution in [0.4, 0.5) is 0 Å². The molecule has 1 aliphatic heterocycles. The molecule has 1 heterocycles. The predicted molar refractivity (Wildman–Crippen MR) is 38.4 cm³/mol. The SMILES string of the molecule is CC1[CH]C(C)SS1. The van der Waals surface area contributed by atoms with Gasteiger partial charge in [-0.3, -0.25) is 0 Å². The molecule has 0 aromatic rings. The zero-order chi connectivity index (χ0) is 5.28. The summed E-state index contributed by atoms with van der Waals surface area (Å²) in [6, 6.07) is 0. The molecular formula is C5H9S2. The second-order valence-corrected chi connectivity index (χ2v) is 4.82. The Morgan fingerprint density at radius 3 is 1.71 bits per heavy atom. The summed E-state index contributed by atoms with van der Waals surface area (Å²) in [5, 5.41) is 1.56. The van der Waals surface area contributed by atoms with Crippen LogP contribution in [0, 0.1) is 6.42 Å². The minimum absolute atomic E-state index is 0.778. The molecule has 1 saturated heterocycles. The van der Waals surface area contributed by atoms with Gasteiger partial charge in [-0.1, -0.05) is 35.4 Å². The second-order valence-electron chi connectivity index (χ2n) is 1.80. The van der Waals surface area contributed by atoms with Crippen molar-refractivity contribution in [2.45, 2.75) is 24.3 Å². The van der Waals surface area contributed by atoms with Crippen molar-refractivity contribution in [2.24, 2.45) is 0 Å². The van der Waals surface area contributed by atoms with Crippen LogP contribution in [0.5, 0.6) is 0 Å². The highest BCUT2D eigenvalue weighted by Crippen LogP contribution is 2.41. The molecule has 1 radical (unpaired) electrons. The minimum Gasteiger partial charge on any atom is -0.0904 e. The van der Waals surface area contributed by atoms with Crippen molar-refractivity contribution in [3.05, 3.63) is 6.42 Å². The molecule has 0 saturated carbocycles. The fourth-order valence-corrected chi connectivity index (χ4v) is 3.11. The van der Waals surface area contributed by atoms with E-state index in [9.17, 15) is 0 Å². The smallest absolute Gasteiger partial charge is 0.0165 e. The van der Waals surface area contributed by atoms with Crippen molar-refractivity contribution in [3.63, 3.8) is 0 Å². The molecule has 2 heteroatoms. The van der Waals surface area contributed by atoms with Gasteiger partial charge in [-0.15, -0.1) is 0 Å². The quantitative estimate of drug-likeness (QED) is 0.465. The van der Waals surface area contributed by atoms with E-state index in [0.29, 0.717) is 0 Å². The van der Waals surface area contributed by atoms with Crippen LogP contribution in [0.2, 0.25) is 0 Å². The fourth-order valence-electron chi connectivity index (χ4n) is 0.621. The molecule has 2 atom stereocenters. The molecule has 2 unspecified atom stereocenters. The first-order chi connectivity index (χ1) is 3.29. The zero-order valence-electron chi connectivity index (χ0n) is 4.55. The Morgan fingerprint density at radius 2 is 1.57 bits per heavy atom. The van der Waals surface area contributed by atoms with Gasteiger partial charge in [-0.25, -0.2) is 0 Å². The van der Waals surface area contributed by atoms with Crippen molar-refractivity contribution >= 4 is 21.6 Å². The first kappa shape index (κ1) is 5.83. The number of rotatable bonds is 0. The lowest BCUT2D eigenvalue weighted by Crippen LogP contribution is -1.95. The molecule has 41 valence electrons. The topological polar surface area (TPSA) is 0 Å². The van der Waals surface area contributed by atoms with Crippen LogP contribution in [0.3, 0.4) is 0 Å². The van der Waals surface area contributed by atoms with Gasteiger partial charge >= 0.3 is 0 Å². The second kappa shape index (κ2) is 2.31. The molecular weight excluding hydrogens is 124 g/mol. The number of hydrogen-bond donors (Lipinski definition) is 0. The average molecular weight is 133 g/mol. The Morgan fingerprint density at radius 1 is 1.14 bits per heavy atom. The largest absolute Gasteiger partial charge is 0.0904 e. The predicted octanol–water partition coefficient (Wildman–Crippen LogP) is 2.36. The lowest BCUT2D eigenvalue weighted by molar-refractivity contribution is 1.02. The van der Waals surface area contributed by atoms with E-state index >= 15 is 0 Å². The van der Waals surface area contributed by atoms with Crippen LogP contribution >= 0.6 is 21.6 Å². The Hall–Kier alpha value is 0.700. The van der Waals surface area contributed by atoms with Crippen LogP contribution in [0.1, 0.15) is 13.8 Å². The molecule has 1 rings (SSSR count). The van der Waals surface area contributed by atoms with E-state index in [2.05, 4.69) is 20.3 Å². The monoisotopic (exact) mass is 133 g/mol. The molecule has 1 aliphatic rings. The summed E-state index contributed by atoms with van der Waals surface area (Å²) in [6.45, 7) is 4.47. The van der Waals surface area contributed by atoms with Gasteiger partial charge in [0.2, 0.25) is 0 Å². The third kappa shape index (κ3) is 1.57. The standard InChI is InChI=1S/C5H9S2/c1-4-3-5(2)7-6-4/h3-5H,1-2H3. The summed E-state index contributed by atoms with van der Waals surface area (Å²) in [4.78, 5) is 0. The minimum atomic E-state index is 0.778. The van der Waals surface area contributed by atoms with E-state index in [1.54, 1.807) is 0 Å². The Labute approximate surface area is 52.8 Å². The molecule has 7 heavy (non-hydrogen) atoms. The molecule has 1 fully saturated rings. The third-order valence-corrected chi connectivity index (χ3v) is 4.09. The highest BCUT2D eigenvalue weighted by molar-refractivity contribution is 8.77. The van der Waals surface area contributed by atoms with Crippen molar-refractivity contribution in [2.75, 3.05) is 0 Å². The van der Waals surface area contributed by atoms with E-state index in [-0.39, 0.29) is 0 Å². The lowest BCUT2D eigenvalue weighted by Gasteiger charge is -1.92. The molecule has 0 spiro atoms. The van der Waals surface area contributed by atoms with Crippen LogP contribution < -0.4 is 0 Å². The summed E-state index contributed by atoms with van der Waals surface area (Å²) < 4.78 is 0. The summed E-state index contributed by atoms with van der Waals surface area (Å²) in [5.74, 6) is 0. The van der Waals surface area contributed by atoms with Gasteiger partial charge in [-0.2, -0.15) is 0 Å². The Bertz CT molecular complexity index is 55.1. The van der Waals surface area contributed by atoms with E-state index in [4.69, 9.17) is 0 Å². The van der Waals surface area contributed by atoms with Crippen molar-refractivity contribution < 1.29 is 0 Å². The molecule has 0 nitrogen and oxygen atoms in total. The van der Waals surface area contributed by atoms with Gasteiger partial charge < -0.3 is 0 Å². The van der Waals surface area contributed by atoms with Gasteiger partial charge in [0.05, 0.1) is 0 Å². The maximum atomic E-state index is 2.37. The first-order valence-corrected chi connectivity index (χ1v) is 4.74. The third-order valence-electron chi connectivity index (χ3n) is 0.901. The van der Waals surface area contributed by atoms with Crippen LogP contribution in [-0.2, 0) is 0 Å². The van der Waals surface area contributed by atoms with Gasteiger partial charge in [-0.05, 0) is 6.42 Å². The maximum absolute atomic E-state index is 2.37. The highest BCUT2D eigenvalue weighted by atomic mass is 33.1. The van der Waals surface area contributed by atoms with Crippen LogP contribution in [-0.4, -0.2) is 10.5 Å². The Kier molecular flexibility index (Phi) is 1.93. The molecule has 0 N–H and O–H groups in total. The zero-order valence-corrected chi connectivity index (χ0v) is 6.18. The molecule has 0 aromatic heterocycles. The summed E-state index contributed by atoms with van der Waals surface area (Å²) in [5.41, 5.74) is 0. The fraction of sp³-hybridized carbons (Fsp3) is 0.800. The number of hydrogen-bond acceptors (Lipinski definition) is 2.